The van der Waals surface area contributed by atoms with E-state index in [1.807, 2.05) is 68.4 Å². The number of benzene rings is 3. The molecule has 0 saturated carbocycles. The normalized spacial score (nSPS) is 11.6. The molecule has 3 aromatic carbocycles. The second kappa shape index (κ2) is 12.1. The maximum Gasteiger partial charge on any atom is 0.255 e. The van der Waals surface area contributed by atoms with Crippen molar-refractivity contribution in [1.82, 2.24) is 9.73 Å². The molecule has 3 rings (SSSR count). The molecule has 0 aromatic heterocycles. The van der Waals surface area contributed by atoms with Crippen molar-refractivity contribution in [3.8, 4) is 5.75 Å². The summed E-state index contributed by atoms with van der Waals surface area (Å²) in [7, 11) is -3.87. The fraction of sp³-hybridized carbons (Fsp3) is 0.231. The maximum absolute atomic E-state index is 13.3. The van der Waals surface area contributed by atoms with Crippen molar-refractivity contribution in [2.45, 2.75) is 25.2 Å². The molecule has 0 aliphatic heterocycles. The summed E-state index contributed by atoms with van der Waals surface area (Å²) < 4.78 is 33.3. The smallest absolute Gasteiger partial charge is 0.255 e. The van der Waals surface area contributed by atoms with Crippen molar-refractivity contribution in [2.75, 3.05) is 19.7 Å². The molecule has 7 nitrogen and oxygen atoms in total. The number of carbonyl (C=O) groups excluding carboxylic acids is 1. The molecular weight excluding hydrogens is 450 g/mol. The van der Waals surface area contributed by atoms with Crippen LogP contribution in [0, 0.1) is 6.92 Å². The summed E-state index contributed by atoms with van der Waals surface area (Å²) in [6.45, 7) is 4.08. The van der Waals surface area contributed by atoms with Crippen LogP contribution in [-0.2, 0) is 21.2 Å². The van der Waals surface area contributed by atoms with Crippen LogP contribution in [-0.4, -0.2) is 44.5 Å². The first-order valence-electron chi connectivity index (χ1n) is 11.0. The minimum absolute atomic E-state index is 0.146. The SMILES string of the molecule is CCOc1ccccc1/C=N\NC(=O)CN(CCc1ccccc1)S(=O)(=O)c1ccc(C)cc1. The van der Waals surface area contributed by atoms with Gasteiger partial charge in [-0.25, -0.2) is 13.8 Å². The van der Waals surface area contributed by atoms with E-state index in [2.05, 4.69) is 10.5 Å². The maximum atomic E-state index is 13.3. The van der Waals surface area contributed by atoms with Gasteiger partial charge < -0.3 is 4.74 Å². The van der Waals surface area contributed by atoms with Gasteiger partial charge in [0, 0.05) is 12.1 Å². The van der Waals surface area contributed by atoms with Gasteiger partial charge in [-0.2, -0.15) is 9.41 Å². The van der Waals surface area contributed by atoms with Gasteiger partial charge in [0.25, 0.3) is 5.91 Å². The number of amides is 1. The van der Waals surface area contributed by atoms with Crippen molar-refractivity contribution < 1.29 is 17.9 Å². The summed E-state index contributed by atoms with van der Waals surface area (Å²) >= 11 is 0. The van der Waals surface area contributed by atoms with Crippen molar-refractivity contribution in [2.24, 2.45) is 5.10 Å². The second-order valence-electron chi connectivity index (χ2n) is 7.65. The Labute approximate surface area is 201 Å². The van der Waals surface area contributed by atoms with Gasteiger partial charge >= 0.3 is 0 Å². The summed E-state index contributed by atoms with van der Waals surface area (Å²) in [6, 6.07) is 23.5. The van der Waals surface area contributed by atoms with E-state index in [1.54, 1.807) is 24.3 Å². The lowest BCUT2D eigenvalue weighted by Crippen LogP contribution is -2.40. The largest absolute Gasteiger partial charge is 0.493 e. The van der Waals surface area contributed by atoms with Gasteiger partial charge in [-0.05, 0) is 50.1 Å². The molecule has 0 bridgehead atoms. The molecule has 3 aromatic rings. The van der Waals surface area contributed by atoms with E-state index in [-0.39, 0.29) is 18.0 Å². The number of nitrogens with zero attached hydrogens (tertiary/aromatic N) is 2. The Morgan fingerprint density at radius 3 is 2.38 bits per heavy atom. The van der Waals surface area contributed by atoms with Gasteiger partial charge in [-0.1, -0.05) is 60.2 Å². The molecule has 0 unspecified atom stereocenters. The first-order chi connectivity index (χ1) is 16.4. The zero-order chi connectivity index (χ0) is 24.4. The van der Waals surface area contributed by atoms with Crippen LogP contribution < -0.4 is 10.2 Å². The van der Waals surface area contributed by atoms with E-state index in [1.165, 1.54) is 10.5 Å². The number of carbonyl (C=O) groups is 1. The highest BCUT2D eigenvalue weighted by molar-refractivity contribution is 7.89. The number of sulfonamides is 1. The van der Waals surface area contributed by atoms with Crippen LogP contribution in [0.25, 0.3) is 0 Å². The van der Waals surface area contributed by atoms with Crippen LogP contribution in [0.3, 0.4) is 0 Å². The molecule has 0 aliphatic rings. The Balaban J connectivity index is 1.73. The third kappa shape index (κ3) is 7.00. The van der Waals surface area contributed by atoms with Crippen molar-refractivity contribution in [1.29, 1.82) is 0 Å². The zero-order valence-corrected chi connectivity index (χ0v) is 20.2. The predicted molar refractivity (Wildman–Crippen MR) is 133 cm³/mol. The summed E-state index contributed by atoms with van der Waals surface area (Å²) in [5.41, 5.74) is 5.07. The standard InChI is InChI=1S/C26H29N3O4S/c1-3-33-25-12-8-7-11-23(25)19-27-28-26(30)20-29(18-17-22-9-5-4-6-10-22)34(31,32)24-15-13-21(2)14-16-24/h4-16,19H,3,17-18,20H2,1-2H3,(H,28,30)/b27-19-. The van der Waals surface area contributed by atoms with Gasteiger partial charge in [-0.3, -0.25) is 4.79 Å². The Hall–Kier alpha value is -3.49. The summed E-state index contributed by atoms with van der Waals surface area (Å²) in [6.07, 6.45) is 1.95. The number of ether oxygens (including phenoxy) is 1. The molecule has 0 fully saturated rings. The van der Waals surface area contributed by atoms with Crippen molar-refractivity contribution >= 4 is 22.1 Å². The van der Waals surface area contributed by atoms with E-state index in [0.717, 1.165) is 11.1 Å². The summed E-state index contributed by atoms with van der Waals surface area (Å²) in [5, 5.41) is 4.00. The molecule has 0 atom stereocenters. The Morgan fingerprint density at radius 2 is 1.68 bits per heavy atom. The molecule has 1 N–H and O–H groups in total. The molecule has 0 saturated heterocycles. The Bertz CT molecular complexity index is 1210. The lowest BCUT2D eigenvalue weighted by Gasteiger charge is -2.21. The highest BCUT2D eigenvalue weighted by Crippen LogP contribution is 2.18. The first-order valence-corrected chi connectivity index (χ1v) is 12.5. The number of para-hydroxylation sites is 1. The van der Waals surface area contributed by atoms with Crippen LogP contribution in [0.4, 0.5) is 0 Å². The van der Waals surface area contributed by atoms with Gasteiger partial charge in [-0.15, -0.1) is 0 Å². The number of rotatable bonds is 11. The Morgan fingerprint density at radius 1 is 1.00 bits per heavy atom. The van der Waals surface area contributed by atoms with Crippen LogP contribution in [0.15, 0.2) is 88.9 Å². The monoisotopic (exact) mass is 479 g/mol. The highest BCUT2D eigenvalue weighted by Gasteiger charge is 2.26. The lowest BCUT2D eigenvalue weighted by atomic mass is 10.1. The van der Waals surface area contributed by atoms with E-state index >= 15 is 0 Å². The van der Waals surface area contributed by atoms with Crippen LogP contribution in [0.2, 0.25) is 0 Å². The van der Waals surface area contributed by atoms with Crippen molar-refractivity contribution in [3.63, 3.8) is 0 Å². The molecule has 0 spiro atoms. The van der Waals surface area contributed by atoms with Crippen LogP contribution in [0.5, 0.6) is 5.75 Å². The number of hydrazone groups is 1. The quantitative estimate of drug-likeness (QED) is 0.335. The molecule has 34 heavy (non-hydrogen) atoms. The number of aryl methyl sites for hydroxylation is 1. The molecular formula is C26H29N3O4S. The topological polar surface area (TPSA) is 88.1 Å². The summed E-state index contributed by atoms with van der Waals surface area (Å²) in [5.74, 6) is 0.114. The number of hydrogen-bond acceptors (Lipinski definition) is 5. The third-order valence-corrected chi connectivity index (χ3v) is 6.94. The van der Waals surface area contributed by atoms with E-state index in [9.17, 15) is 13.2 Å². The molecule has 1 amide bonds. The van der Waals surface area contributed by atoms with Crippen LogP contribution >= 0.6 is 0 Å². The molecule has 0 aliphatic carbocycles. The summed E-state index contributed by atoms with van der Waals surface area (Å²) in [4.78, 5) is 12.8. The minimum atomic E-state index is -3.87. The highest BCUT2D eigenvalue weighted by atomic mass is 32.2. The van der Waals surface area contributed by atoms with Gasteiger partial charge in [0.1, 0.15) is 5.75 Å². The second-order valence-corrected chi connectivity index (χ2v) is 9.59. The fourth-order valence-corrected chi connectivity index (χ4v) is 4.68. The first kappa shape index (κ1) is 25.1. The van der Waals surface area contributed by atoms with E-state index in [0.29, 0.717) is 24.3 Å². The average molecular weight is 480 g/mol. The van der Waals surface area contributed by atoms with Crippen LogP contribution in [0.1, 0.15) is 23.6 Å². The number of hydrogen-bond donors (Lipinski definition) is 1. The van der Waals surface area contributed by atoms with Gasteiger partial charge in [0.2, 0.25) is 10.0 Å². The van der Waals surface area contributed by atoms with Gasteiger partial charge in [0.15, 0.2) is 0 Å². The van der Waals surface area contributed by atoms with Gasteiger partial charge in [0.05, 0.1) is 24.3 Å². The van der Waals surface area contributed by atoms with E-state index in [4.69, 9.17) is 4.74 Å². The number of nitrogens with one attached hydrogen (secondary N) is 1. The zero-order valence-electron chi connectivity index (χ0n) is 19.3. The lowest BCUT2D eigenvalue weighted by molar-refractivity contribution is -0.121. The van der Waals surface area contributed by atoms with Crippen molar-refractivity contribution in [3.05, 3.63) is 95.6 Å². The third-order valence-electron chi connectivity index (χ3n) is 5.08. The minimum Gasteiger partial charge on any atom is -0.493 e. The molecule has 0 radical (unpaired) electrons. The fourth-order valence-electron chi connectivity index (χ4n) is 3.29. The van der Waals surface area contributed by atoms with E-state index < -0.39 is 15.9 Å². The molecule has 0 heterocycles. The predicted octanol–water partition coefficient (Wildman–Crippen LogP) is 3.78. The average Bonchev–Trinajstić information content (AvgIpc) is 2.84. The molecule has 178 valence electrons. The Kier molecular flexibility index (Phi) is 8.95. The molecule has 8 heteroatoms.